The second kappa shape index (κ2) is 9.15. The smallest absolute Gasteiger partial charge is 0.241 e. The molecule has 0 spiro atoms. The van der Waals surface area contributed by atoms with Crippen LogP contribution in [0.1, 0.15) is 6.42 Å². The summed E-state index contributed by atoms with van der Waals surface area (Å²) in [6.07, 6.45) is 0.781. The van der Waals surface area contributed by atoms with Crippen LogP contribution in [0.5, 0.6) is 0 Å². The molecule has 1 N–H and O–H groups in total. The van der Waals surface area contributed by atoms with Crippen LogP contribution in [0.3, 0.4) is 0 Å². The zero-order valence-corrected chi connectivity index (χ0v) is 19.4. The molecule has 1 aromatic heterocycles. The Bertz CT molecular complexity index is 1320. The fourth-order valence-electron chi connectivity index (χ4n) is 4.30. The summed E-state index contributed by atoms with van der Waals surface area (Å²) in [5, 5.41) is 2.92. The van der Waals surface area contributed by atoms with Gasteiger partial charge < -0.3 is 4.90 Å². The Balaban J connectivity index is 1.13. The summed E-state index contributed by atoms with van der Waals surface area (Å²) in [6, 6.07) is 21.4. The van der Waals surface area contributed by atoms with Gasteiger partial charge in [-0.3, -0.25) is 4.90 Å². The first-order valence-electron chi connectivity index (χ1n) is 10.9. The van der Waals surface area contributed by atoms with Crippen LogP contribution in [0.15, 0.2) is 71.6 Å². The van der Waals surface area contributed by atoms with Crippen molar-refractivity contribution >= 4 is 48.2 Å². The number of sulfonamides is 1. The maximum Gasteiger partial charge on any atom is 0.241 e. The van der Waals surface area contributed by atoms with Gasteiger partial charge in [0.2, 0.25) is 10.0 Å². The van der Waals surface area contributed by atoms with Crippen LogP contribution in [-0.2, 0) is 10.0 Å². The van der Waals surface area contributed by atoms with Crippen molar-refractivity contribution in [2.45, 2.75) is 11.3 Å². The van der Waals surface area contributed by atoms with Crippen molar-refractivity contribution in [3.63, 3.8) is 0 Å². The molecule has 32 heavy (non-hydrogen) atoms. The van der Waals surface area contributed by atoms with Crippen molar-refractivity contribution in [2.24, 2.45) is 0 Å². The molecule has 1 fully saturated rings. The van der Waals surface area contributed by atoms with Crippen LogP contribution in [0.4, 0.5) is 5.82 Å². The summed E-state index contributed by atoms with van der Waals surface area (Å²) in [5.74, 6) is 1.09. The van der Waals surface area contributed by atoms with E-state index >= 15 is 0 Å². The maximum atomic E-state index is 12.8. The molecule has 0 unspecified atom stereocenters. The van der Waals surface area contributed by atoms with E-state index in [0.29, 0.717) is 11.4 Å². The summed E-state index contributed by atoms with van der Waals surface area (Å²) in [5.41, 5.74) is 0. The Kier molecular flexibility index (Phi) is 6.10. The fraction of sp³-hybridized carbons (Fsp3) is 0.292. The van der Waals surface area contributed by atoms with Gasteiger partial charge in [0.05, 0.1) is 9.60 Å². The minimum absolute atomic E-state index is 0.347. The van der Waals surface area contributed by atoms with Gasteiger partial charge in [0.1, 0.15) is 5.82 Å². The molecule has 6 nitrogen and oxygen atoms in total. The van der Waals surface area contributed by atoms with Crippen molar-refractivity contribution < 1.29 is 8.42 Å². The van der Waals surface area contributed by atoms with E-state index in [-0.39, 0.29) is 0 Å². The average molecular weight is 467 g/mol. The van der Waals surface area contributed by atoms with Gasteiger partial charge in [-0.25, -0.2) is 13.1 Å². The molecule has 0 aliphatic carbocycles. The Morgan fingerprint density at radius 3 is 2.44 bits per heavy atom. The second-order valence-electron chi connectivity index (χ2n) is 8.06. The molecule has 0 radical (unpaired) electrons. The molecule has 8 heteroatoms. The predicted molar refractivity (Wildman–Crippen MR) is 132 cm³/mol. The van der Waals surface area contributed by atoms with E-state index in [1.54, 1.807) is 23.7 Å². The number of hydrogen-bond acceptors (Lipinski definition) is 6. The highest BCUT2D eigenvalue weighted by Crippen LogP contribution is 2.29. The largest absolute Gasteiger partial charge is 0.353 e. The molecule has 1 aliphatic rings. The van der Waals surface area contributed by atoms with Gasteiger partial charge in [-0.2, -0.15) is 4.37 Å². The van der Waals surface area contributed by atoms with Gasteiger partial charge in [0.15, 0.2) is 0 Å². The number of rotatable bonds is 7. The van der Waals surface area contributed by atoms with Gasteiger partial charge in [-0.05, 0) is 48.1 Å². The summed E-state index contributed by atoms with van der Waals surface area (Å²) < 4.78 is 34.4. The van der Waals surface area contributed by atoms with E-state index in [1.807, 2.05) is 30.3 Å². The molecule has 0 amide bonds. The van der Waals surface area contributed by atoms with E-state index in [2.05, 4.69) is 43.2 Å². The quantitative estimate of drug-likeness (QED) is 0.418. The zero-order valence-electron chi connectivity index (χ0n) is 17.8. The van der Waals surface area contributed by atoms with E-state index in [4.69, 9.17) is 0 Å². The van der Waals surface area contributed by atoms with Crippen LogP contribution >= 0.6 is 11.5 Å². The number of aromatic nitrogens is 1. The van der Waals surface area contributed by atoms with Crippen LogP contribution in [0.25, 0.3) is 20.9 Å². The van der Waals surface area contributed by atoms with Gasteiger partial charge in [0.25, 0.3) is 0 Å². The number of hydrogen-bond donors (Lipinski definition) is 1. The number of benzene rings is 3. The lowest BCUT2D eigenvalue weighted by Gasteiger charge is -2.35. The lowest BCUT2D eigenvalue weighted by atomic mass is 10.1. The predicted octanol–water partition coefficient (Wildman–Crippen LogP) is 3.94. The fourth-order valence-corrected chi connectivity index (χ4v) is 6.40. The zero-order chi connectivity index (χ0) is 22.0. The lowest BCUT2D eigenvalue weighted by molar-refractivity contribution is 0.255. The van der Waals surface area contributed by atoms with Gasteiger partial charge in [0, 0.05) is 43.5 Å². The van der Waals surface area contributed by atoms with Crippen molar-refractivity contribution in [3.8, 4) is 0 Å². The molecule has 5 rings (SSSR count). The summed E-state index contributed by atoms with van der Waals surface area (Å²) in [4.78, 5) is 5.11. The van der Waals surface area contributed by atoms with Crippen LogP contribution in [0.2, 0.25) is 0 Å². The third kappa shape index (κ3) is 4.36. The first-order chi connectivity index (χ1) is 15.6. The van der Waals surface area contributed by atoms with Crippen molar-refractivity contribution in [3.05, 3.63) is 66.7 Å². The molecule has 3 aromatic carbocycles. The second-order valence-corrected chi connectivity index (χ2v) is 10.6. The molecular weight excluding hydrogens is 440 g/mol. The molecule has 0 bridgehead atoms. The van der Waals surface area contributed by atoms with E-state index < -0.39 is 10.0 Å². The molecule has 4 aromatic rings. The number of anilines is 1. The molecular formula is C24H26N4O2S2. The number of fused-ring (bicyclic) bond motifs is 2. The molecule has 166 valence electrons. The van der Waals surface area contributed by atoms with Crippen LogP contribution < -0.4 is 9.62 Å². The Morgan fingerprint density at radius 1 is 0.875 bits per heavy atom. The average Bonchev–Trinajstić information content (AvgIpc) is 3.26. The minimum Gasteiger partial charge on any atom is -0.353 e. The lowest BCUT2D eigenvalue weighted by Crippen LogP contribution is -2.47. The van der Waals surface area contributed by atoms with Gasteiger partial charge in [-0.15, -0.1) is 0 Å². The van der Waals surface area contributed by atoms with Gasteiger partial charge in [-0.1, -0.05) is 48.5 Å². The Labute approximate surface area is 192 Å². The highest BCUT2D eigenvalue weighted by molar-refractivity contribution is 7.89. The van der Waals surface area contributed by atoms with Crippen molar-refractivity contribution in [1.29, 1.82) is 0 Å². The summed E-state index contributed by atoms with van der Waals surface area (Å²) in [7, 11) is -3.53. The van der Waals surface area contributed by atoms with Crippen molar-refractivity contribution in [1.82, 2.24) is 14.0 Å². The van der Waals surface area contributed by atoms with Gasteiger partial charge >= 0.3 is 0 Å². The van der Waals surface area contributed by atoms with E-state index in [0.717, 1.165) is 55.7 Å². The minimum atomic E-state index is -3.53. The SMILES string of the molecule is O=S(=O)(NCCCN1CCN(c2nsc3ccccc23)CC1)c1cccc2ccccc12. The third-order valence-corrected chi connectivity index (χ3v) is 8.35. The molecule has 1 saturated heterocycles. The first-order valence-corrected chi connectivity index (χ1v) is 13.2. The number of nitrogens with zero attached hydrogens (tertiary/aromatic N) is 3. The summed E-state index contributed by atoms with van der Waals surface area (Å²) in [6.45, 7) is 5.11. The Hall–Kier alpha value is -2.52. The standard InChI is InChI=1S/C24H26N4O2S2/c29-32(30,23-12-5-8-19-7-1-2-9-20(19)23)25-13-6-14-27-15-17-28(18-16-27)24-21-10-3-4-11-22(21)31-26-24/h1-5,7-12,25H,6,13-18H2. The number of piperazine rings is 1. The highest BCUT2D eigenvalue weighted by atomic mass is 32.2. The van der Waals surface area contributed by atoms with Crippen molar-refractivity contribution in [2.75, 3.05) is 44.2 Å². The number of nitrogens with one attached hydrogen (secondary N) is 1. The highest BCUT2D eigenvalue weighted by Gasteiger charge is 2.21. The van der Waals surface area contributed by atoms with Crippen LogP contribution in [-0.4, -0.2) is 57.0 Å². The molecule has 1 aliphatic heterocycles. The van der Waals surface area contributed by atoms with E-state index in [1.165, 1.54) is 10.1 Å². The van der Waals surface area contributed by atoms with Crippen LogP contribution in [0, 0.1) is 0 Å². The molecule has 0 atom stereocenters. The molecule has 2 heterocycles. The topological polar surface area (TPSA) is 65.5 Å². The maximum absolute atomic E-state index is 12.8. The normalized spacial score (nSPS) is 15.6. The monoisotopic (exact) mass is 466 g/mol. The summed E-state index contributed by atoms with van der Waals surface area (Å²) >= 11 is 1.56. The van der Waals surface area contributed by atoms with E-state index in [9.17, 15) is 8.42 Å². The third-order valence-electron chi connectivity index (χ3n) is 6.01. The molecule has 0 saturated carbocycles. The first kappa shape index (κ1) is 21.3. The Morgan fingerprint density at radius 2 is 1.59 bits per heavy atom.